The Hall–Kier alpha value is -3.40. The van der Waals surface area contributed by atoms with Crippen molar-refractivity contribution in [3.63, 3.8) is 0 Å². The summed E-state index contributed by atoms with van der Waals surface area (Å²) in [5.74, 6) is 0.130. The van der Waals surface area contributed by atoms with Gasteiger partial charge in [-0.25, -0.2) is 9.97 Å². The Morgan fingerprint density at radius 3 is 2.45 bits per heavy atom. The SMILES string of the molecule is COc1ccc(-c2nc(NC(=O)c3c(C)nc4ccc(C(F)(F)F)cn34)sc2C)cc1. The lowest BCUT2D eigenvalue weighted by Gasteiger charge is -2.08. The minimum atomic E-state index is -4.53. The van der Waals surface area contributed by atoms with Crippen LogP contribution in [0.4, 0.5) is 18.3 Å². The minimum Gasteiger partial charge on any atom is -0.497 e. The fraction of sp³-hybridized carbons (Fsp3) is 0.190. The van der Waals surface area contributed by atoms with Gasteiger partial charge in [0, 0.05) is 16.6 Å². The average molecular weight is 446 g/mol. The van der Waals surface area contributed by atoms with Gasteiger partial charge in [0.25, 0.3) is 5.91 Å². The van der Waals surface area contributed by atoms with E-state index in [2.05, 4.69) is 15.3 Å². The number of anilines is 1. The van der Waals surface area contributed by atoms with Crippen molar-refractivity contribution >= 4 is 28.0 Å². The van der Waals surface area contributed by atoms with E-state index in [9.17, 15) is 18.0 Å². The molecule has 0 saturated carbocycles. The fourth-order valence-corrected chi connectivity index (χ4v) is 4.06. The van der Waals surface area contributed by atoms with Gasteiger partial charge in [0.1, 0.15) is 17.1 Å². The van der Waals surface area contributed by atoms with E-state index in [0.29, 0.717) is 22.3 Å². The first-order valence-electron chi connectivity index (χ1n) is 9.16. The van der Waals surface area contributed by atoms with E-state index in [1.165, 1.54) is 17.4 Å². The molecule has 0 spiro atoms. The van der Waals surface area contributed by atoms with Gasteiger partial charge in [-0.15, -0.1) is 11.3 Å². The quantitative estimate of drug-likeness (QED) is 0.459. The molecule has 0 aliphatic heterocycles. The highest BCUT2D eigenvalue weighted by Gasteiger charge is 2.31. The molecule has 0 fully saturated rings. The molecule has 31 heavy (non-hydrogen) atoms. The number of nitrogens with zero attached hydrogens (tertiary/aromatic N) is 3. The van der Waals surface area contributed by atoms with Gasteiger partial charge >= 0.3 is 6.18 Å². The number of fused-ring (bicyclic) bond motifs is 1. The molecule has 6 nitrogen and oxygen atoms in total. The molecule has 0 radical (unpaired) electrons. The number of halogens is 3. The van der Waals surface area contributed by atoms with Gasteiger partial charge in [0.15, 0.2) is 5.13 Å². The van der Waals surface area contributed by atoms with E-state index in [1.807, 2.05) is 31.2 Å². The van der Waals surface area contributed by atoms with Crippen molar-refractivity contribution in [1.82, 2.24) is 14.4 Å². The predicted octanol–water partition coefficient (Wildman–Crippen LogP) is 5.35. The van der Waals surface area contributed by atoms with Gasteiger partial charge in [-0.1, -0.05) is 0 Å². The number of amides is 1. The number of imidazole rings is 1. The monoisotopic (exact) mass is 446 g/mol. The zero-order chi connectivity index (χ0) is 22.3. The molecular formula is C21H17F3N4O2S. The minimum absolute atomic E-state index is 0.0277. The number of nitrogens with one attached hydrogen (secondary N) is 1. The topological polar surface area (TPSA) is 68.5 Å². The number of ether oxygens (including phenoxy) is 1. The lowest BCUT2D eigenvalue weighted by atomic mass is 10.1. The van der Waals surface area contributed by atoms with Crippen LogP contribution in [0.2, 0.25) is 0 Å². The summed E-state index contributed by atoms with van der Waals surface area (Å²) in [5.41, 5.74) is 1.30. The first-order valence-corrected chi connectivity index (χ1v) is 9.98. The smallest absolute Gasteiger partial charge is 0.417 e. The number of thiazole rings is 1. The molecule has 0 aliphatic rings. The number of benzene rings is 1. The molecule has 1 amide bonds. The van der Waals surface area contributed by atoms with Crippen LogP contribution < -0.4 is 10.1 Å². The lowest BCUT2D eigenvalue weighted by molar-refractivity contribution is -0.137. The van der Waals surface area contributed by atoms with Crippen LogP contribution in [0.1, 0.15) is 26.6 Å². The number of aromatic nitrogens is 3. The first-order chi connectivity index (χ1) is 14.7. The molecule has 1 N–H and O–H groups in total. The van der Waals surface area contributed by atoms with E-state index in [0.717, 1.165) is 27.1 Å². The third-order valence-corrected chi connectivity index (χ3v) is 5.60. The van der Waals surface area contributed by atoms with Crippen LogP contribution in [0.3, 0.4) is 0 Å². The molecule has 1 aromatic carbocycles. The highest BCUT2D eigenvalue weighted by Crippen LogP contribution is 2.32. The van der Waals surface area contributed by atoms with E-state index < -0.39 is 17.6 Å². The van der Waals surface area contributed by atoms with Crippen molar-refractivity contribution in [3.8, 4) is 17.0 Å². The average Bonchev–Trinajstić information content (AvgIpc) is 3.25. The number of carbonyl (C=O) groups is 1. The number of hydrogen-bond donors (Lipinski definition) is 1. The summed E-state index contributed by atoms with van der Waals surface area (Å²) < 4.78 is 45.6. The summed E-state index contributed by atoms with van der Waals surface area (Å²) in [6.45, 7) is 3.45. The summed E-state index contributed by atoms with van der Waals surface area (Å²) in [4.78, 5) is 22.5. The number of rotatable bonds is 4. The molecule has 4 rings (SSSR count). The number of aryl methyl sites for hydroxylation is 2. The molecule has 0 saturated heterocycles. The Bertz CT molecular complexity index is 1280. The largest absolute Gasteiger partial charge is 0.497 e. The lowest BCUT2D eigenvalue weighted by Crippen LogP contribution is -2.16. The highest BCUT2D eigenvalue weighted by atomic mass is 32.1. The maximum absolute atomic E-state index is 13.1. The van der Waals surface area contributed by atoms with Gasteiger partial charge < -0.3 is 4.74 Å². The third kappa shape index (κ3) is 3.98. The predicted molar refractivity (Wildman–Crippen MR) is 112 cm³/mol. The molecule has 4 aromatic rings. The van der Waals surface area contributed by atoms with Crippen LogP contribution in [0.25, 0.3) is 16.9 Å². The Labute approximate surface area is 179 Å². The molecule has 3 heterocycles. The molecule has 0 unspecified atom stereocenters. The summed E-state index contributed by atoms with van der Waals surface area (Å²) in [5, 5.41) is 3.03. The van der Waals surface area contributed by atoms with Crippen LogP contribution in [-0.2, 0) is 6.18 Å². The molecule has 3 aromatic heterocycles. The summed E-state index contributed by atoms with van der Waals surface area (Å²) in [6, 6.07) is 9.52. The van der Waals surface area contributed by atoms with Gasteiger partial charge in [0.05, 0.1) is 24.1 Å². The summed E-state index contributed by atoms with van der Waals surface area (Å²) in [7, 11) is 1.58. The van der Waals surface area contributed by atoms with Gasteiger partial charge in [0.2, 0.25) is 0 Å². The highest BCUT2D eigenvalue weighted by molar-refractivity contribution is 7.16. The molecule has 0 bridgehead atoms. The molecule has 0 aliphatic carbocycles. The van der Waals surface area contributed by atoms with E-state index >= 15 is 0 Å². The van der Waals surface area contributed by atoms with E-state index in [1.54, 1.807) is 14.0 Å². The van der Waals surface area contributed by atoms with Crippen LogP contribution in [0.5, 0.6) is 5.75 Å². The first kappa shape index (κ1) is 20.9. The maximum Gasteiger partial charge on any atom is 0.417 e. The zero-order valence-electron chi connectivity index (χ0n) is 16.7. The third-order valence-electron chi connectivity index (χ3n) is 4.72. The standard InChI is InChI=1S/C21H17F3N4O2S/c1-11-18(28-10-14(21(22,23)24)6-9-16(28)25-11)19(29)27-20-26-17(12(2)31-20)13-4-7-15(30-3)8-5-13/h4-10H,1-3H3,(H,26,27,29). The van der Waals surface area contributed by atoms with Crippen molar-refractivity contribution in [3.05, 3.63) is 64.4 Å². The van der Waals surface area contributed by atoms with Crippen molar-refractivity contribution in [2.24, 2.45) is 0 Å². The Morgan fingerprint density at radius 2 is 1.81 bits per heavy atom. The number of pyridine rings is 1. The number of carbonyl (C=O) groups excluding carboxylic acids is 1. The second-order valence-electron chi connectivity index (χ2n) is 6.80. The van der Waals surface area contributed by atoms with Crippen molar-refractivity contribution in [1.29, 1.82) is 0 Å². The normalized spacial score (nSPS) is 11.7. The number of hydrogen-bond acceptors (Lipinski definition) is 5. The van der Waals surface area contributed by atoms with Gasteiger partial charge in [-0.05, 0) is 50.2 Å². The number of alkyl halides is 3. The summed E-state index contributed by atoms with van der Waals surface area (Å²) in [6.07, 6.45) is -3.65. The van der Waals surface area contributed by atoms with Crippen LogP contribution in [-0.4, -0.2) is 27.4 Å². The molecular weight excluding hydrogens is 429 g/mol. The molecule has 10 heteroatoms. The second-order valence-corrected chi connectivity index (χ2v) is 8.00. The van der Waals surface area contributed by atoms with Crippen LogP contribution >= 0.6 is 11.3 Å². The Kier molecular flexibility index (Phi) is 5.18. The van der Waals surface area contributed by atoms with Crippen LogP contribution in [0, 0.1) is 13.8 Å². The fourth-order valence-electron chi connectivity index (χ4n) is 3.23. The van der Waals surface area contributed by atoms with Gasteiger partial charge in [-0.3, -0.25) is 14.5 Å². The van der Waals surface area contributed by atoms with Gasteiger partial charge in [-0.2, -0.15) is 13.2 Å². The van der Waals surface area contributed by atoms with Crippen LogP contribution in [0.15, 0.2) is 42.6 Å². The van der Waals surface area contributed by atoms with Crippen molar-refractivity contribution in [2.75, 3.05) is 12.4 Å². The summed E-state index contributed by atoms with van der Waals surface area (Å²) >= 11 is 1.28. The Morgan fingerprint density at radius 1 is 1.10 bits per heavy atom. The van der Waals surface area contributed by atoms with Crippen molar-refractivity contribution in [2.45, 2.75) is 20.0 Å². The maximum atomic E-state index is 13.1. The van der Waals surface area contributed by atoms with Crippen molar-refractivity contribution < 1.29 is 22.7 Å². The molecule has 0 atom stereocenters. The number of methoxy groups -OCH3 is 1. The molecule has 160 valence electrons. The Balaban J connectivity index is 1.65. The van der Waals surface area contributed by atoms with E-state index in [4.69, 9.17) is 4.74 Å². The zero-order valence-corrected chi connectivity index (χ0v) is 17.6. The second kappa shape index (κ2) is 7.69. The van der Waals surface area contributed by atoms with E-state index in [-0.39, 0.29) is 11.3 Å².